The van der Waals surface area contributed by atoms with Crippen LogP contribution in [0.15, 0.2) is 24.3 Å². The van der Waals surface area contributed by atoms with Gasteiger partial charge in [-0.25, -0.2) is 0 Å². The van der Waals surface area contributed by atoms with E-state index in [0.717, 1.165) is 17.1 Å². The standard InChI is InChI=1S/C15H20N2O3S2/c1-16-14(18)6-11-2-4-13(5-3-11)17-15(19)8-20-7-12-9-21-22-10-12/h2-5,12H,6-10H2,1H3,(H,16,18)(H,17,19). The lowest BCUT2D eigenvalue weighted by Gasteiger charge is -2.09. The Morgan fingerprint density at radius 2 is 1.86 bits per heavy atom. The summed E-state index contributed by atoms with van der Waals surface area (Å²) in [5, 5.41) is 5.37. The van der Waals surface area contributed by atoms with Gasteiger partial charge in [-0.2, -0.15) is 0 Å². The minimum absolute atomic E-state index is 0.0339. The number of rotatable bonds is 7. The average Bonchev–Trinajstić information content (AvgIpc) is 3.02. The van der Waals surface area contributed by atoms with Crippen LogP contribution in [0, 0.1) is 5.92 Å². The van der Waals surface area contributed by atoms with Crippen LogP contribution >= 0.6 is 21.6 Å². The van der Waals surface area contributed by atoms with E-state index in [4.69, 9.17) is 4.74 Å². The van der Waals surface area contributed by atoms with Gasteiger partial charge in [-0.3, -0.25) is 9.59 Å². The molecule has 1 heterocycles. The number of benzene rings is 1. The monoisotopic (exact) mass is 340 g/mol. The zero-order chi connectivity index (χ0) is 15.8. The lowest BCUT2D eigenvalue weighted by Crippen LogP contribution is -2.21. The van der Waals surface area contributed by atoms with Gasteiger partial charge in [0.25, 0.3) is 0 Å². The van der Waals surface area contributed by atoms with Gasteiger partial charge in [-0.15, -0.1) is 0 Å². The molecule has 0 atom stereocenters. The van der Waals surface area contributed by atoms with E-state index in [-0.39, 0.29) is 18.4 Å². The van der Waals surface area contributed by atoms with Gasteiger partial charge in [0.1, 0.15) is 6.61 Å². The van der Waals surface area contributed by atoms with E-state index in [1.54, 1.807) is 19.2 Å². The van der Waals surface area contributed by atoms with Crippen LogP contribution in [0.25, 0.3) is 0 Å². The SMILES string of the molecule is CNC(=O)Cc1ccc(NC(=O)COCC2CSSC2)cc1. The Balaban J connectivity index is 1.70. The molecule has 2 N–H and O–H groups in total. The molecule has 120 valence electrons. The molecule has 2 rings (SSSR count). The van der Waals surface area contributed by atoms with Crippen LogP contribution < -0.4 is 10.6 Å². The van der Waals surface area contributed by atoms with E-state index in [9.17, 15) is 9.59 Å². The number of likely N-dealkylation sites (N-methyl/N-ethyl adjacent to an activating group) is 1. The first kappa shape index (κ1) is 17.2. The fourth-order valence-corrected chi connectivity index (χ4v) is 4.81. The predicted octanol–water partition coefficient (Wildman–Crippen LogP) is 1.94. The summed E-state index contributed by atoms with van der Waals surface area (Å²) >= 11 is 0. The number of ether oxygens (including phenoxy) is 1. The molecule has 1 saturated heterocycles. The van der Waals surface area contributed by atoms with Crippen molar-refractivity contribution in [2.45, 2.75) is 6.42 Å². The van der Waals surface area contributed by atoms with Crippen molar-refractivity contribution >= 4 is 39.1 Å². The fraction of sp³-hybridized carbons (Fsp3) is 0.467. The smallest absolute Gasteiger partial charge is 0.250 e. The molecule has 22 heavy (non-hydrogen) atoms. The first-order valence-electron chi connectivity index (χ1n) is 7.09. The second-order valence-corrected chi connectivity index (χ2v) is 7.60. The van der Waals surface area contributed by atoms with Crippen LogP contribution in [0.2, 0.25) is 0 Å². The molecule has 1 aromatic rings. The summed E-state index contributed by atoms with van der Waals surface area (Å²) in [7, 11) is 5.33. The molecule has 0 unspecified atom stereocenters. The first-order valence-corrected chi connectivity index (χ1v) is 9.57. The quantitative estimate of drug-likeness (QED) is 0.743. The predicted molar refractivity (Wildman–Crippen MR) is 92.1 cm³/mol. The number of nitrogens with one attached hydrogen (secondary N) is 2. The number of hydrogen-bond donors (Lipinski definition) is 2. The number of carbonyl (C=O) groups excluding carboxylic acids is 2. The van der Waals surface area contributed by atoms with Crippen LogP contribution in [-0.4, -0.2) is 43.6 Å². The number of anilines is 1. The highest BCUT2D eigenvalue weighted by Gasteiger charge is 2.16. The van der Waals surface area contributed by atoms with Crippen molar-refractivity contribution in [1.29, 1.82) is 0 Å². The van der Waals surface area contributed by atoms with Crippen LogP contribution in [0.5, 0.6) is 0 Å². The second-order valence-electron chi connectivity index (χ2n) is 5.05. The minimum Gasteiger partial charge on any atom is -0.371 e. The molecular weight excluding hydrogens is 320 g/mol. The zero-order valence-electron chi connectivity index (χ0n) is 12.5. The van der Waals surface area contributed by atoms with E-state index < -0.39 is 0 Å². The Hall–Kier alpha value is -1.18. The van der Waals surface area contributed by atoms with Crippen LogP contribution in [-0.2, 0) is 20.7 Å². The minimum atomic E-state index is -0.155. The van der Waals surface area contributed by atoms with Gasteiger partial charge >= 0.3 is 0 Å². The number of carbonyl (C=O) groups is 2. The molecule has 1 aliphatic heterocycles. The molecule has 0 saturated carbocycles. The van der Waals surface area contributed by atoms with Crippen LogP contribution in [0.1, 0.15) is 5.56 Å². The highest BCUT2D eigenvalue weighted by Crippen LogP contribution is 2.34. The zero-order valence-corrected chi connectivity index (χ0v) is 14.1. The van der Waals surface area contributed by atoms with Crippen LogP contribution in [0.3, 0.4) is 0 Å². The summed E-state index contributed by atoms with van der Waals surface area (Å²) in [5.74, 6) is 2.55. The molecular formula is C15H20N2O3S2. The first-order chi connectivity index (χ1) is 10.7. The molecule has 1 aliphatic rings. The second kappa shape index (κ2) is 9.07. The maximum atomic E-state index is 11.8. The Morgan fingerprint density at radius 1 is 1.18 bits per heavy atom. The van der Waals surface area contributed by atoms with Gasteiger partial charge in [0, 0.05) is 30.2 Å². The van der Waals surface area contributed by atoms with E-state index in [2.05, 4.69) is 10.6 Å². The summed E-state index contributed by atoms with van der Waals surface area (Å²) in [6.07, 6.45) is 0.339. The van der Waals surface area contributed by atoms with Crippen molar-refractivity contribution in [3.63, 3.8) is 0 Å². The normalized spacial score (nSPS) is 14.8. The topological polar surface area (TPSA) is 67.4 Å². The van der Waals surface area contributed by atoms with Gasteiger partial charge in [-0.05, 0) is 17.7 Å². The van der Waals surface area contributed by atoms with E-state index >= 15 is 0 Å². The van der Waals surface area contributed by atoms with Crippen molar-refractivity contribution in [2.75, 3.05) is 37.1 Å². The molecule has 7 heteroatoms. The average molecular weight is 340 g/mol. The van der Waals surface area contributed by atoms with Gasteiger partial charge in [0.15, 0.2) is 0 Å². The molecule has 0 aliphatic carbocycles. The Morgan fingerprint density at radius 3 is 2.50 bits per heavy atom. The van der Waals surface area contributed by atoms with Crippen molar-refractivity contribution in [2.24, 2.45) is 5.92 Å². The number of amides is 2. The van der Waals surface area contributed by atoms with Gasteiger partial charge in [0.2, 0.25) is 11.8 Å². The highest BCUT2D eigenvalue weighted by atomic mass is 33.1. The van der Waals surface area contributed by atoms with Crippen molar-refractivity contribution in [1.82, 2.24) is 5.32 Å². The summed E-state index contributed by atoms with van der Waals surface area (Å²) in [6.45, 7) is 0.713. The molecule has 5 nitrogen and oxygen atoms in total. The van der Waals surface area contributed by atoms with Gasteiger partial charge in [0.05, 0.1) is 13.0 Å². The van der Waals surface area contributed by atoms with E-state index in [1.165, 1.54) is 0 Å². The Bertz CT molecular complexity index is 502. The summed E-state index contributed by atoms with van der Waals surface area (Å²) < 4.78 is 5.45. The number of hydrogen-bond acceptors (Lipinski definition) is 5. The summed E-state index contributed by atoms with van der Waals surface area (Å²) in [6, 6.07) is 7.25. The summed E-state index contributed by atoms with van der Waals surface area (Å²) in [5.41, 5.74) is 1.62. The van der Waals surface area contributed by atoms with Crippen molar-refractivity contribution < 1.29 is 14.3 Å². The van der Waals surface area contributed by atoms with Gasteiger partial charge in [-0.1, -0.05) is 33.7 Å². The third-order valence-electron chi connectivity index (χ3n) is 3.16. The fourth-order valence-electron chi connectivity index (χ4n) is 1.93. The highest BCUT2D eigenvalue weighted by molar-refractivity contribution is 8.77. The third kappa shape index (κ3) is 5.90. The molecule has 0 radical (unpaired) electrons. The summed E-state index contributed by atoms with van der Waals surface area (Å²) in [4.78, 5) is 23.1. The Labute approximate surface area is 138 Å². The lowest BCUT2D eigenvalue weighted by atomic mass is 10.1. The molecule has 1 aromatic carbocycles. The van der Waals surface area contributed by atoms with Crippen LogP contribution in [0.4, 0.5) is 5.69 Å². The Kier molecular flexibility index (Phi) is 7.08. The lowest BCUT2D eigenvalue weighted by molar-refractivity contribution is -0.121. The molecule has 2 amide bonds. The maximum absolute atomic E-state index is 11.8. The third-order valence-corrected chi connectivity index (χ3v) is 5.86. The van der Waals surface area contributed by atoms with Crippen molar-refractivity contribution in [3.05, 3.63) is 29.8 Å². The van der Waals surface area contributed by atoms with E-state index in [1.807, 2.05) is 33.7 Å². The molecule has 0 bridgehead atoms. The van der Waals surface area contributed by atoms with Gasteiger partial charge < -0.3 is 15.4 Å². The molecule has 1 fully saturated rings. The van der Waals surface area contributed by atoms with Crippen molar-refractivity contribution in [3.8, 4) is 0 Å². The molecule has 0 aromatic heterocycles. The molecule has 0 spiro atoms. The van der Waals surface area contributed by atoms with E-state index in [0.29, 0.717) is 24.6 Å². The largest absolute Gasteiger partial charge is 0.371 e. The maximum Gasteiger partial charge on any atom is 0.250 e.